The van der Waals surface area contributed by atoms with Gasteiger partial charge in [-0.2, -0.15) is 0 Å². The Kier molecular flexibility index (Phi) is 6.21. The summed E-state index contributed by atoms with van der Waals surface area (Å²) in [5.74, 6) is -1.67. The van der Waals surface area contributed by atoms with Gasteiger partial charge in [-0.25, -0.2) is 4.79 Å². The fourth-order valence-electron chi connectivity index (χ4n) is 2.94. The molecule has 1 aliphatic heterocycles. The minimum absolute atomic E-state index is 0.117. The van der Waals surface area contributed by atoms with Crippen LogP contribution in [0.2, 0.25) is 0 Å². The van der Waals surface area contributed by atoms with Gasteiger partial charge in [-0.15, -0.1) is 0 Å². The van der Waals surface area contributed by atoms with E-state index in [4.69, 9.17) is 18.9 Å². The number of ether oxygens (including phenoxy) is 4. The van der Waals surface area contributed by atoms with Gasteiger partial charge >= 0.3 is 5.97 Å². The fraction of sp³-hybridized carbons (Fsp3) is 0.526. The zero-order valence-corrected chi connectivity index (χ0v) is 15.2. The molecule has 6 nitrogen and oxygen atoms in total. The lowest BCUT2D eigenvalue weighted by Gasteiger charge is -2.45. The first-order valence-corrected chi connectivity index (χ1v) is 8.21. The second kappa shape index (κ2) is 7.99. The van der Waals surface area contributed by atoms with E-state index in [0.717, 1.165) is 16.9 Å². The van der Waals surface area contributed by atoms with Crippen LogP contribution >= 0.6 is 0 Å². The van der Waals surface area contributed by atoms with Gasteiger partial charge in [0.1, 0.15) is 5.75 Å². The molecule has 4 atom stereocenters. The van der Waals surface area contributed by atoms with Crippen molar-refractivity contribution in [3.8, 4) is 5.75 Å². The van der Waals surface area contributed by atoms with Gasteiger partial charge in [-0.05, 0) is 24.6 Å². The highest BCUT2D eigenvalue weighted by molar-refractivity contribution is 5.74. The molecule has 1 heterocycles. The van der Waals surface area contributed by atoms with Crippen LogP contribution in [0.3, 0.4) is 0 Å². The summed E-state index contributed by atoms with van der Waals surface area (Å²) in [7, 11) is 3.02. The molecule has 0 amide bonds. The maximum atomic E-state index is 11.8. The second-order valence-electron chi connectivity index (χ2n) is 6.34. The highest BCUT2D eigenvalue weighted by atomic mass is 16.7. The molecule has 0 aromatic heterocycles. The van der Waals surface area contributed by atoms with Crippen LogP contribution in [0.15, 0.2) is 36.4 Å². The van der Waals surface area contributed by atoms with Crippen LogP contribution in [0.5, 0.6) is 5.75 Å². The average molecular weight is 350 g/mol. The molecule has 1 aromatic rings. The summed E-state index contributed by atoms with van der Waals surface area (Å²) in [6.07, 6.45) is -1.21. The monoisotopic (exact) mass is 350 g/mol. The summed E-state index contributed by atoms with van der Waals surface area (Å²) >= 11 is 0. The van der Waals surface area contributed by atoms with Gasteiger partial charge in [-0.3, -0.25) is 0 Å². The lowest BCUT2D eigenvalue weighted by Crippen LogP contribution is -2.57. The molecule has 1 aliphatic rings. The van der Waals surface area contributed by atoms with E-state index in [2.05, 4.69) is 6.58 Å². The molecule has 0 bridgehead atoms. The zero-order valence-electron chi connectivity index (χ0n) is 15.2. The maximum absolute atomic E-state index is 11.8. The van der Waals surface area contributed by atoms with Gasteiger partial charge in [0.2, 0.25) is 11.9 Å². The van der Waals surface area contributed by atoms with Gasteiger partial charge in [0, 0.05) is 19.4 Å². The van der Waals surface area contributed by atoms with E-state index in [9.17, 15) is 9.90 Å². The molecule has 25 heavy (non-hydrogen) atoms. The number of carboxylic acid groups (broad SMARTS) is 1. The Hall–Kier alpha value is -1.89. The number of aliphatic carboxylic acids is 1. The van der Waals surface area contributed by atoms with Crippen molar-refractivity contribution in [1.29, 1.82) is 0 Å². The maximum Gasteiger partial charge on any atom is 0.338 e. The van der Waals surface area contributed by atoms with Crippen LogP contribution in [0, 0.1) is 5.92 Å². The van der Waals surface area contributed by atoms with Crippen LogP contribution in [0.4, 0.5) is 0 Å². The number of benzene rings is 1. The Morgan fingerprint density at radius 1 is 1.36 bits per heavy atom. The van der Waals surface area contributed by atoms with Crippen molar-refractivity contribution in [2.24, 2.45) is 5.92 Å². The van der Waals surface area contributed by atoms with E-state index in [0.29, 0.717) is 0 Å². The lowest BCUT2D eigenvalue weighted by atomic mass is 9.85. The molecule has 0 aliphatic carbocycles. The predicted octanol–water partition coefficient (Wildman–Crippen LogP) is 3.01. The third-order valence-corrected chi connectivity index (χ3v) is 4.75. The molecule has 0 spiro atoms. The number of carboxylic acids is 1. The number of rotatable bonds is 7. The summed E-state index contributed by atoms with van der Waals surface area (Å²) in [4.78, 5) is 11.8. The lowest BCUT2D eigenvalue weighted by molar-refractivity contribution is -0.309. The smallest absolute Gasteiger partial charge is 0.338 e. The molecule has 1 aromatic carbocycles. The Morgan fingerprint density at radius 2 is 2.00 bits per heavy atom. The van der Waals surface area contributed by atoms with Crippen LogP contribution in [0.1, 0.15) is 25.8 Å². The molecule has 1 saturated heterocycles. The van der Waals surface area contributed by atoms with Crippen molar-refractivity contribution in [1.82, 2.24) is 0 Å². The minimum atomic E-state index is -1.39. The first-order chi connectivity index (χ1) is 11.8. The standard InChI is InChI=1S/C19H26O6/c1-12-10-19(23-5,25-14(3)13(12)2)17(18(20)21)24-11-15-6-8-16(22-4)9-7-15/h6-9,13-14,17H,1,10-11H2,2-5H3,(H,20,21)/t13-,14-,17-,19-/m1/s1. The van der Waals surface area contributed by atoms with Crippen molar-refractivity contribution in [3.63, 3.8) is 0 Å². The molecule has 6 heteroatoms. The van der Waals surface area contributed by atoms with Crippen molar-refractivity contribution in [3.05, 3.63) is 42.0 Å². The predicted molar refractivity (Wildman–Crippen MR) is 92.4 cm³/mol. The van der Waals surface area contributed by atoms with Gasteiger partial charge in [-0.1, -0.05) is 31.2 Å². The molecular weight excluding hydrogens is 324 g/mol. The van der Waals surface area contributed by atoms with Crippen molar-refractivity contribution in [2.45, 2.75) is 44.9 Å². The molecule has 0 radical (unpaired) electrons. The zero-order chi connectivity index (χ0) is 18.6. The van der Waals surface area contributed by atoms with Gasteiger partial charge in [0.25, 0.3) is 0 Å². The Labute approximate surface area is 148 Å². The number of carbonyl (C=O) groups is 1. The van der Waals surface area contributed by atoms with E-state index in [1.165, 1.54) is 7.11 Å². The van der Waals surface area contributed by atoms with E-state index >= 15 is 0 Å². The van der Waals surface area contributed by atoms with Crippen molar-refractivity contribution < 1.29 is 28.8 Å². The molecular formula is C19H26O6. The summed E-state index contributed by atoms with van der Waals surface area (Å²) in [6.45, 7) is 8.04. The molecule has 2 rings (SSSR count). The van der Waals surface area contributed by atoms with Crippen LogP contribution in [-0.2, 0) is 25.6 Å². The van der Waals surface area contributed by atoms with E-state index < -0.39 is 17.9 Å². The first kappa shape index (κ1) is 19.4. The quantitative estimate of drug-likeness (QED) is 0.762. The topological polar surface area (TPSA) is 74.2 Å². The van der Waals surface area contributed by atoms with Crippen molar-refractivity contribution >= 4 is 5.97 Å². The largest absolute Gasteiger partial charge is 0.497 e. The first-order valence-electron chi connectivity index (χ1n) is 8.21. The van der Waals surface area contributed by atoms with E-state index in [1.54, 1.807) is 19.2 Å². The molecule has 138 valence electrons. The molecule has 0 saturated carbocycles. The van der Waals surface area contributed by atoms with E-state index in [-0.39, 0.29) is 25.0 Å². The fourth-order valence-corrected chi connectivity index (χ4v) is 2.94. The van der Waals surface area contributed by atoms with Crippen LogP contribution < -0.4 is 4.74 Å². The third kappa shape index (κ3) is 4.21. The molecule has 1 N–H and O–H groups in total. The second-order valence-corrected chi connectivity index (χ2v) is 6.34. The highest BCUT2D eigenvalue weighted by Crippen LogP contribution is 2.39. The third-order valence-electron chi connectivity index (χ3n) is 4.75. The summed E-state index contributed by atoms with van der Waals surface area (Å²) in [6, 6.07) is 7.23. The van der Waals surface area contributed by atoms with Gasteiger partial charge in [0.05, 0.1) is 19.8 Å². The number of methoxy groups -OCH3 is 2. The Balaban J connectivity index is 2.17. The Morgan fingerprint density at radius 3 is 2.48 bits per heavy atom. The summed E-state index contributed by atoms with van der Waals surface area (Å²) in [5, 5.41) is 9.69. The average Bonchev–Trinajstić information content (AvgIpc) is 2.60. The van der Waals surface area contributed by atoms with Crippen LogP contribution in [-0.4, -0.2) is 43.3 Å². The highest BCUT2D eigenvalue weighted by Gasteiger charge is 2.51. The van der Waals surface area contributed by atoms with Gasteiger partial charge < -0.3 is 24.1 Å². The number of hydrogen-bond acceptors (Lipinski definition) is 5. The minimum Gasteiger partial charge on any atom is -0.497 e. The van der Waals surface area contributed by atoms with Crippen LogP contribution in [0.25, 0.3) is 0 Å². The normalized spacial score (nSPS) is 27.8. The Bertz CT molecular complexity index is 611. The number of hydrogen-bond donors (Lipinski definition) is 1. The summed E-state index contributed by atoms with van der Waals surface area (Å²) < 4.78 is 22.3. The SMILES string of the molecule is C=C1C[C@](OC)([C@H](OCc2ccc(OC)cc2)C(=O)O)O[C@H](C)[C@@H]1C. The van der Waals surface area contributed by atoms with Gasteiger partial charge in [0.15, 0.2) is 0 Å². The summed E-state index contributed by atoms with van der Waals surface area (Å²) in [5.41, 5.74) is 1.72. The van der Waals surface area contributed by atoms with E-state index in [1.807, 2.05) is 26.0 Å². The van der Waals surface area contributed by atoms with Crippen molar-refractivity contribution in [2.75, 3.05) is 14.2 Å². The molecule has 1 fully saturated rings. The molecule has 0 unspecified atom stereocenters.